The number of rotatable bonds is 0. The van der Waals surface area contributed by atoms with Crippen LogP contribution in [0.15, 0.2) is 0 Å². The zero-order valence-electron chi connectivity index (χ0n) is 10.3. The Hall–Kier alpha value is -0.530. The zero-order valence-corrected chi connectivity index (χ0v) is 10.3. The van der Waals surface area contributed by atoms with Crippen LogP contribution in [0.2, 0.25) is 0 Å². The number of piperidine rings is 1. The molecular weight excluding hydrogens is 174 g/mol. The van der Waals surface area contributed by atoms with Crippen molar-refractivity contribution in [1.82, 2.24) is 4.90 Å². The van der Waals surface area contributed by atoms with Gasteiger partial charge in [0.05, 0.1) is 0 Å². The lowest BCUT2D eigenvalue weighted by molar-refractivity contribution is -0.152. The number of carbonyl (C=O) groups excluding carboxylic acids is 1. The minimum atomic E-state index is -0.176. The van der Waals surface area contributed by atoms with Crippen molar-refractivity contribution in [3.63, 3.8) is 0 Å². The number of nitrogens with zero attached hydrogens (tertiary/aromatic N) is 1. The van der Waals surface area contributed by atoms with Gasteiger partial charge in [0.2, 0.25) is 5.91 Å². The fraction of sp³-hybridized carbons (Fsp3) is 0.917. The van der Waals surface area contributed by atoms with Crippen LogP contribution in [0, 0.1) is 11.3 Å². The zero-order chi connectivity index (χ0) is 11.1. The van der Waals surface area contributed by atoms with E-state index in [9.17, 15) is 4.79 Å². The summed E-state index contributed by atoms with van der Waals surface area (Å²) in [5.41, 5.74) is -0.214. The van der Waals surface area contributed by atoms with E-state index in [1.54, 1.807) is 0 Å². The van der Waals surface area contributed by atoms with Gasteiger partial charge < -0.3 is 4.90 Å². The molecule has 1 aliphatic heterocycles. The molecule has 1 aliphatic rings. The van der Waals surface area contributed by atoms with Crippen LogP contribution >= 0.6 is 0 Å². The SMILES string of the molecule is CC1CN(C(C)(C)C)C(=O)C(C)(C)C1. The Morgan fingerprint density at radius 1 is 1.36 bits per heavy atom. The summed E-state index contributed by atoms with van der Waals surface area (Å²) < 4.78 is 0. The minimum Gasteiger partial charge on any atom is -0.337 e. The van der Waals surface area contributed by atoms with Gasteiger partial charge in [0, 0.05) is 17.5 Å². The fourth-order valence-corrected chi connectivity index (χ4v) is 2.36. The van der Waals surface area contributed by atoms with Gasteiger partial charge in [0.15, 0.2) is 0 Å². The largest absolute Gasteiger partial charge is 0.337 e. The van der Waals surface area contributed by atoms with Gasteiger partial charge in [-0.3, -0.25) is 4.79 Å². The van der Waals surface area contributed by atoms with Crippen molar-refractivity contribution in [2.24, 2.45) is 11.3 Å². The number of carbonyl (C=O) groups is 1. The molecule has 0 saturated carbocycles. The standard InChI is InChI=1S/C12H23NO/c1-9-7-12(5,6)10(14)13(8-9)11(2,3)4/h9H,7-8H2,1-6H3. The van der Waals surface area contributed by atoms with Crippen LogP contribution in [0.3, 0.4) is 0 Å². The molecule has 82 valence electrons. The maximum Gasteiger partial charge on any atom is 0.228 e. The average molecular weight is 197 g/mol. The highest BCUT2D eigenvalue weighted by atomic mass is 16.2. The number of amides is 1. The molecule has 1 amide bonds. The molecule has 0 radical (unpaired) electrons. The van der Waals surface area contributed by atoms with Gasteiger partial charge in [0.25, 0.3) is 0 Å². The van der Waals surface area contributed by atoms with Gasteiger partial charge in [-0.15, -0.1) is 0 Å². The molecule has 0 aliphatic carbocycles. The van der Waals surface area contributed by atoms with E-state index in [1.165, 1.54) is 0 Å². The van der Waals surface area contributed by atoms with Gasteiger partial charge in [-0.1, -0.05) is 20.8 Å². The first-order valence-corrected chi connectivity index (χ1v) is 5.46. The minimum absolute atomic E-state index is 0.0387. The molecule has 1 unspecified atom stereocenters. The summed E-state index contributed by atoms with van der Waals surface area (Å²) in [6.45, 7) is 13.6. The molecule has 2 heteroatoms. The molecule has 0 aromatic carbocycles. The first-order chi connectivity index (χ1) is 6.14. The maximum absolute atomic E-state index is 12.2. The second-order valence-electron chi connectivity index (χ2n) is 6.28. The predicted molar refractivity (Wildman–Crippen MR) is 59.0 cm³/mol. The molecule has 1 heterocycles. The summed E-state index contributed by atoms with van der Waals surface area (Å²) in [4.78, 5) is 14.2. The lowest BCUT2D eigenvalue weighted by Crippen LogP contribution is -2.56. The van der Waals surface area contributed by atoms with Gasteiger partial charge >= 0.3 is 0 Å². The van der Waals surface area contributed by atoms with Crippen LogP contribution in [0.1, 0.15) is 48.0 Å². The summed E-state index contributed by atoms with van der Waals surface area (Å²) in [6.07, 6.45) is 1.01. The smallest absolute Gasteiger partial charge is 0.228 e. The first-order valence-electron chi connectivity index (χ1n) is 5.46. The molecule has 1 fully saturated rings. The number of likely N-dealkylation sites (tertiary alicyclic amines) is 1. The van der Waals surface area contributed by atoms with Crippen molar-refractivity contribution >= 4 is 5.91 Å². The Morgan fingerprint density at radius 2 is 1.86 bits per heavy atom. The third-order valence-electron chi connectivity index (χ3n) is 2.99. The van der Waals surface area contributed by atoms with Crippen LogP contribution in [-0.4, -0.2) is 22.9 Å². The van der Waals surface area contributed by atoms with E-state index in [4.69, 9.17) is 0 Å². The van der Waals surface area contributed by atoms with Crippen molar-refractivity contribution in [2.45, 2.75) is 53.5 Å². The summed E-state index contributed by atoms with van der Waals surface area (Å²) >= 11 is 0. The summed E-state index contributed by atoms with van der Waals surface area (Å²) in [5.74, 6) is 0.921. The lowest BCUT2D eigenvalue weighted by Gasteiger charge is -2.47. The molecule has 0 N–H and O–H groups in total. The van der Waals surface area contributed by atoms with E-state index in [-0.39, 0.29) is 11.0 Å². The Kier molecular flexibility index (Phi) is 2.68. The molecule has 1 rings (SSSR count). The van der Waals surface area contributed by atoms with Crippen LogP contribution in [-0.2, 0) is 4.79 Å². The highest BCUT2D eigenvalue weighted by Crippen LogP contribution is 2.36. The summed E-state index contributed by atoms with van der Waals surface area (Å²) in [7, 11) is 0. The quantitative estimate of drug-likeness (QED) is 0.584. The third-order valence-corrected chi connectivity index (χ3v) is 2.99. The van der Waals surface area contributed by atoms with Crippen molar-refractivity contribution in [2.75, 3.05) is 6.54 Å². The molecular formula is C12H23NO. The molecule has 0 aromatic heterocycles. The van der Waals surface area contributed by atoms with E-state index in [0.717, 1.165) is 13.0 Å². The van der Waals surface area contributed by atoms with Gasteiger partial charge in [-0.05, 0) is 33.1 Å². The molecule has 1 saturated heterocycles. The fourth-order valence-electron chi connectivity index (χ4n) is 2.36. The van der Waals surface area contributed by atoms with Crippen molar-refractivity contribution < 1.29 is 4.79 Å². The number of hydrogen-bond acceptors (Lipinski definition) is 1. The highest BCUT2D eigenvalue weighted by molar-refractivity contribution is 5.83. The van der Waals surface area contributed by atoms with Crippen LogP contribution in [0.5, 0.6) is 0 Å². The van der Waals surface area contributed by atoms with Crippen LogP contribution in [0.25, 0.3) is 0 Å². The van der Waals surface area contributed by atoms with Crippen molar-refractivity contribution in [3.8, 4) is 0 Å². The van der Waals surface area contributed by atoms with Gasteiger partial charge in [0.1, 0.15) is 0 Å². The molecule has 2 nitrogen and oxygen atoms in total. The summed E-state index contributed by atoms with van der Waals surface area (Å²) in [5, 5.41) is 0. The second kappa shape index (κ2) is 3.25. The third kappa shape index (κ3) is 2.10. The Balaban J connectivity index is 2.92. The Bertz CT molecular complexity index is 237. The van der Waals surface area contributed by atoms with Crippen molar-refractivity contribution in [3.05, 3.63) is 0 Å². The maximum atomic E-state index is 12.2. The van der Waals surface area contributed by atoms with Crippen LogP contribution in [0.4, 0.5) is 0 Å². The average Bonchev–Trinajstić information content (AvgIpc) is 1.93. The molecule has 0 spiro atoms. The molecule has 0 bridgehead atoms. The molecule has 14 heavy (non-hydrogen) atoms. The number of hydrogen-bond donors (Lipinski definition) is 0. The normalized spacial score (nSPS) is 28.0. The van der Waals surface area contributed by atoms with Gasteiger partial charge in [-0.25, -0.2) is 0 Å². The Morgan fingerprint density at radius 3 is 2.29 bits per heavy atom. The van der Waals surface area contributed by atoms with E-state index in [1.807, 2.05) is 4.90 Å². The molecule has 1 atom stereocenters. The van der Waals surface area contributed by atoms with E-state index in [2.05, 4.69) is 41.5 Å². The predicted octanol–water partition coefficient (Wildman–Crippen LogP) is 2.68. The van der Waals surface area contributed by atoms with E-state index < -0.39 is 0 Å². The van der Waals surface area contributed by atoms with Crippen molar-refractivity contribution in [1.29, 1.82) is 0 Å². The highest BCUT2D eigenvalue weighted by Gasteiger charge is 2.42. The lowest BCUT2D eigenvalue weighted by atomic mass is 9.77. The van der Waals surface area contributed by atoms with Gasteiger partial charge in [-0.2, -0.15) is 0 Å². The van der Waals surface area contributed by atoms with Crippen LogP contribution < -0.4 is 0 Å². The monoisotopic (exact) mass is 197 g/mol. The Labute approximate surface area is 87.7 Å². The van der Waals surface area contributed by atoms with E-state index >= 15 is 0 Å². The topological polar surface area (TPSA) is 20.3 Å². The first kappa shape index (κ1) is 11.5. The summed E-state index contributed by atoms with van der Waals surface area (Å²) in [6, 6.07) is 0. The molecule has 0 aromatic rings. The second-order valence-corrected chi connectivity index (χ2v) is 6.28. The van der Waals surface area contributed by atoms with E-state index in [0.29, 0.717) is 11.8 Å².